The van der Waals surface area contributed by atoms with Crippen LogP contribution in [0.2, 0.25) is 0 Å². The molecule has 3 nitrogen and oxygen atoms in total. The van der Waals surface area contributed by atoms with Gasteiger partial charge in [0.25, 0.3) is 0 Å². The molecule has 0 saturated carbocycles. The van der Waals surface area contributed by atoms with E-state index in [4.69, 9.17) is 10.5 Å². The van der Waals surface area contributed by atoms with Crippen molar-refractivity contribution in [1.82, 2.24) is 0 Å². The molecule has 1 atom stereocenters. The second-order valence-corrected chi connectivity index (χ2v) is 5.04. The second kappa shape index (κ2) is 7.60. The van der Waals surface area contributed by atoms with E-state index in [0.29, 0.717) is 13.0 Å². The Balaban J connectivity index is 1.95. The summed E-state index contributed by atoms with van der Waals surface area (Å²) in [6, 6.07) is 18.3. The summed E-state index contributed by atoms with van der Waals surface area (Å²) in [5, 5.41) is 0. The Morgan fingerprint density at radius 3 is 2.29 bits per heavy atom. The second-order valence-electron chi connectivity index (χ2n) is 5.04. The van der Waals surface area contributed by atoms with Crippen molar-refractivity contribution >= 4 is 5.97 Å². The first-order valence-electron chi connectivity index (χ1n) is 7.24. The van der Waals surface area contributed by atoms with E-state index in [2.05, 4.69) is 36.4 Å². The predicted octanol–water partition coefficient (Wildman–Crippen LogP) is 3.18. The van der Waals surface area contributed by atoms with Gasteiger partial charge < -0.3 is 10.5 Å². The maximum atomic E-state index is 11.4. The minimum atomic E-state index is -0.231. The minimum Gasteiger partial charge on any atom is -0.466 e. The molecule has 0 heterocycles. The number of hydrogen-bond acceptors (Lipinski definition) is 3. The normalized spacial score (nSPS) is 11.9. The molecule has 0 unspecified atom stereocenters. The molecule has 110 valence electrons. The Kier molecular flexibility index (Phi) is 5.52. The van der Waals surface area contributed by atoms with Crippen molar-refractivity contribution in [3.05, 3.63) is 60.2 Å². The van der Waals surface area contributed by atoms with Crippen molar-refractivity contribution < 1.29 is 9.53 Å². The van der Waals surface area contributed by atoms with E-state index in [9.17, 15) is 4.79 Å². The minimum absolute atomic E-state index is 0.202. The number of ether oxygens (including phenoxy) is 1. The summed E-state index contributed by atoms with van der Waals surface area (Å²) in [5.41, 5.74) is 9.49. The van der Waals surface area contributed by atoms with Crippen molar-refractivity contribution in [3.63, 3.8) is 0 Å². The Hall–Kier alpha value is -2.13. The monoisotopic (exact) mass is 283 g/mol. The van der Waals surface area contributed by atoms with E-state index in [1.54, 1.807) is 6.92 Å². The van der Waals surface area contributed by atoms with Crippen LogP contribution in [0.15, 0.2) is 54.6 Å². The Labute approximate surface area is 125 Å². The van der Waals surface area contributed by atoms with Gasteiger partial charge >= 0.3 is 5.97 Å². The quantitative estimate of drug-likeness (QED) is 0.828. The number of hydrogen-bond donors (Lipinski definition) is 1. The number of rotatable bonds is 6. The molecular formula is C18H21NO2. The first kappa shape index (κ1) is 15.3. The lowest BCUT2D eigenvalue weighted by atomic mass is 10.00. The van der Waals surface area contributed by atoms with E-state index >= 15 is 0 Å². The van der Waals surface area contributed by atoms with Crippen LogP contribution in [0.25, 0.3) is 11.1 Å². The van der Waals surface area contributed by atoms with Crippen LogP contribution in [0.5, 0.6) is 0 Å². The zero-order chi connectivity index (χ0) is 15.1. The average Bonchev–Trinajstić information content (AvgIpc) is 2.49. The molecule has 0 radical (unpaired) electrons. The van der Waals surface area contributed by atoms with Crippen molar-refractivity contribution in [2.45, 2.75) is 25.8 Å². The highest BCUT2D eigenvalue weighted by atomic mass is 16.5. The maximum absolute atomic E-state index is 11.4. The van der Waals surface area contributed by atoms with Crippen molar-refractivity contribution in [2.75, 3.05) is 6.61 Å². The van der Waals surface area contributed by atoms with Crippen LogP contribution in [-0.4, -0.2) is 18.6 Å². The van der Waals surface area contributed by atoms with Crippen LogP contribution < -0.4 is 5.73 Å². The van der Waals surface area contributed by atoms with E-state index in [0.717, 1.165) is 5.56 Å². The zero-order valence-electron chi connectivity index (χ0n) is 12.3. The number of carbonyl (C=O) groups is 1. The molecule has 0 saturated heterocycles. The molecule has 0 spiro atoms. The lowest BCUT2D eigenvalue weighted by Crippen LogP contribution is -2.27. The molecule has 3 heteroatoms. The Morgan fingerprint density at radius 2 is 1.67 bits per heavy atom. The molecule has 2 N–H and O–H groups in total. The maximum Gasteiger partial charge on any atom is 0.307 e. The van der Waals surface area contributed by atoms with Gasteiger partial charge in [-0.3, -0.25) is 4.79 Å². The molecule has 2 aromatic carbocycles. The van der Waals surface area contributed by atoms with Gasteiger partial charge in [0.1, 0.15) is 0 Å². The van der Waals surface area contributed by atoms with E-state index in [1.165, 1.54) is 11.1 Å². The highest BCUT2D eigenvalue weighted by molar-refractivity contribution is 5.70. The van der Waals surface area contributed by atoms with Crippen molar-refractivity contribution in [1.29, 1.82) is 0 Å². The Morgan fingerprint density at radius 1 is 1.05 bits per heavy atom. The van der Waals surface area contributed by atoms with Gasteiger partial charge in [-0.25, -0.2) is 0 Å². The largest absolute Gasteiger partial charge is 0.466 e. The molecule has 0 amide bonds. The fourth-order valence-corrected chi connectivity index (χ4v) is 2.27. The average molecular weight is 283 g/mol. The van der Waals surface area contributed by atoms with Gasteiger partial charge in [0.15, 0.2) is 0 Å². The van der Waals surface area contributed by atoms with Crippen LogP contribution in [0.1, 0.15) is 18.9 Å². The summed E-state index contributed by atoms with van der Waals surface area (Å²) in [6.07, 6.45) is 0.933. The van der Waals surface area contributed by atoms with Crippen LogP contribution in [0, 0.1) is 0 Å². The van der Waals surface area contributed by atoms with E-state index < -0.39 is 0 Å². The summed E-state index contributed by atoms with van der Waals surface area (Å²) < 4.78 is 4.91. The van der Waals surface area contributed by atoms with Gasteiger partial charge in [-0.05, 0) is 30.0 Å². The molecule has 0 aliphatic heterocycles. The smallest absolute Gasteiger partial charge is 0.307 e. The molecule has 0 aliphatic carbocycles. The molecule has 2 rings (SSSR count). The highest BCUT2D eigenvalue weighted by Gasteiger charge is 2.11. The number of benzene rings is 2. The summed E-state index contributed by atoms with van der Waals surface area (Å²) in [5.74, 6) is -0.231. The number of carbonyl (C=O) groups excluding carboxylic acids is 1. The molecule has 0 fully saturated rings. The van der Waals surface area contributed by atoms with Crippen LogP contribution in [-0.2, 0) is 16.0 Å². The highest BCUT2D eigenvalue weighted by Crippen LogP contribution is 2.19. The summed E-state index contributed by atoms with van der Waals surface area (Å²) in [6.45, 7) is 2.20. The fourth-order valence-electron chi connectivity index (χ4n) is 2.27. The molecular weight excluding hydrogens is 262 g/mol. The topological polar surface area (TPSA) is 52.3 Å². The molecule has 2 aromatic rings. The summed E-state index contributed by atoms with van der Waals surface area (Å²) >= 11 is 0. The lowest BCUT2D eigenvalue weighted by molar-refractivity contribution is -0.143. The van der Waals surface area contributed by atoms with Crippen LogP contribution in [0.4, 0.5) is 0 Å². The van der Waals surface area contributed by atoms with Crippen molar-refractivity contribution in [2.24, 2.45) is 5.73 Å². The van der Waals surface area contributed by atoms with Crippen LogP contribution >= 0.6 is 0 Å². The standard InChI is InChI=1S/C18H21NO2/c1-2-21-18(20)13-17(19)12-14-8-10-16(11-9-14)15-6-4-3-5-7-15/h3-11,17H,2,12-13,19H2,1H3/t17-/m1/s1. The van der Waals surface area contributed by atoms with Gasteiger partial charge in [-0.15, -0.1) is 0 Å². The number of esters is 1. The van der Waals surface area contributed by atoms with Crippen molar-refractivity contribution in [3.8, 4) is 11.1 Å². The summed E-state index contributed by atoms with van der Waals surface area (Å²) in [7, 11) is 0. The van der Waals surface area contributed by atoms with Gasteiger partial charge in [0.05, 0.1) is 13.0 Å². The first-order chi connectivity index (χ1) is 10.2. The SMILES string of the molecule is CCOC(=O)C[C@H](N)Cc1ccc(-c2ccccc2)cc1. The first-order valence-corrected chi connectivity index (χ1v) is 7.24. The van der Waals surface area contributed by atoms with Crippen LogP contribution in [0.3, 0.4) is 0 Å². The molecule has 0 aromatic heterocycles. The van der Waals surface area contributed by atoms with Gasteiger partial charge in [-0.1, -0.05) is 54.6 Å². The van der Waals surface area contributed by atoms with Gasteiger partial charge in [0, 0.05) is 6.04 Å². The zero-order valence-corrected chi connectivity index (χ0v) is 12.3. The Bertz CT molecular complexity index is 564. The predicted molar refractivity (Wildman–Crippen MR) is 84.8 cm³/mol. The fraction of sp³-hybridized carbons (Fsp3) is 0.278. The summed E-state index contributed by atoms with van der Waals surface area (Å²) in [4.78, 5) is 11.4. The van der Waals surface area contributed by atoms with E-state index in [-0.39, 0.29) is 18.4 Å². The third-order valence-electron chi connectivity index (χ3n) is 3.29. The van der Waals surface area contributed by atoms with E-state index in [1.807, 2.05) is 18.2 Å². The van der Waals surface area contributed by atoms with Gasteiger partial charge in [0.2, 0.25) is 0 Å². The molecule has 21 heavy (non-hydrogen) atoms. The number of nitrogens with two attached hydrogens (primary N) is 1. The third kappa shape index (κ3) is 4.72. The lowest BCUT2D eigenvalue weighted by Gasteiger charge is -2.11. The van der Waals surface area contributed by atoms with Gasteiger partial charge in [-0.2, -0.15) is 0 Å². The third-order valence-corrected chi connectivity index (χ3v) is 3.29. The molecule has 0 aliphatic rings. The molecule has 0 bridgehead atoms.